The van der Waals surface area contributed by atoms with Gasteiger partial charge in [-0.3, -0.25) is 4.79 Å². The summed E-state index contributed by atoms with van der Waals surface area (Å²) in [6.07, 6.45) is -5.24. The molecule has 0 aliphatic carbocycles. The SMILES string of the molecule is O=C(O)C(NC(=O)C(F)(F)F)c1cc(O)cc(O)c1. The van der Waals surface area contributed by atoms with Crippen LogP contribution in [0.3, 0.4) is 0 Å². The zero-order valence-corrected chi connectivity index (χ0v) is 9.10. The predicted molar refractivity (Wildman–Crippen MR) is 54.3 cm³/mol. The molecule has 0 bridgehead atoms. The van der Waals surface area contributed by atoms with Gasteiger partial charge in [0.25, 0.3) is 0 Å². The Morgan fingerprint density at radius 3 is 1.95 bits per heavy atom. The van der Waals surface area contributed by atoms with Crippen molar-refractivity contribution in [1.29, 1.82) is 0 Å². The highest BCUT2D eigenvalue weighted by molar-refractivity contribution is 5.87. The van der Waals surface area contributed by atoms with E-state index < -0.39 is 41.2 Å². The molecule has 104 valence electrons. The molecule has 1 rings (SSSR count). The fraction of sp³-hybridized carbons (Fsp3) is 0.200. The summed E-state index contributed by atoms with van der Waals surface area (Å²) in [4.78, 5) is 21.5. The molecule has 1 aromatic carbocycles. The van der Waals surface area contributed by atoms with Crippen LogP contribution in [0.1, 0.15) is 11.6 Å². The predicted octanol–water partition coefficient (Wildman–Crippen LogP) is 0.902. The Morgan fingerprint density at radius 2 is 1.58 bits per heavy atom. The van der Waals surface area contributed by atoms with Gasteiger partial charge in [0, 0.05) is 6.07 Å². The minimum atomic E-state index is -5.24. The number of aliphatic carboxylic acids is 1. The van der Waals surface area contributed by atoms with Crippen molar-refractivity contribution in [1.82, 2.24) is 5.32 Å². The Labute approximate surface area is 104 Å². The lowest BCUT2D eigenvalue weighted by Crippen LogP contribution is -2.41. The van der Waals surface area contributed by atoms with E-state index in [4.69, 9.17) is 15.3 Å². The first-order valence-corrected chi connectivity index (χ1v) is 4.74. The van der Waals surface area contributed by atoms with Crippen molar-refractivity contribution < 1.29 is 38.1 Å². The standard InChI is InChI=1S/C10H8F3NO5/c11-10(12,13)9(19)14-7(8(17)18)4-1-5(15)3-6(16)2-4/h1-3,7,15-16H,(H,14,19)(H,17,18). The highest BCUT2D eigenvalue weighted by atomic mass is 19.4. The summed E-state index contributed by atoms with van der Waals surface area (Å²) in [7, 11) is 0. The smallest absolute Gasteiger partial charge is 0.471 e. The van der Waals surface area contributed by atoms with E-state index in [9.17, 15) is 22.8 Å². The summed E-state index contributed by atoms with van der Waals surface area (Å²) >= 11 is 0. The van der Waals surface area contributed by atoms with Gasteiger partial charge in [-0.05, 0) is 17.7 Å². The van der Waals surface area contributed by atoms with Gasteiger partial charge in [-0.25, -0.2) is 4.79 Å². The highest BCUT2D eigenvalue weighted by Gasteiger charge is 2.41. The number of benzene rings is 1. The molecular weight excluding hydrogens is 271 g/mol. The van der Waals surface area contributed by atoms with Crippen molar-refractivity contribution in [2.75, 3.05) is 0 Å². The van der Waals surface area contributed by atoms with Crippen LogP contribution < -0.4 is 5.32 Å². The Balaban J connectivity index is 3.08. The van der Waals surface area contributed by atoms with Crippen LogP contribution in [0.4, 0.5) is 13.2 Å². The molecule has 0 fully saturated rings. The fourth-order valence-electron chi connectivity index (χ4n) is 1.29. The minimum Gasteiger partial charge on any atom is -0.508 e. The second-order valence-corrected chi connectivity index (χ2v) is 3.53. The molecule has 1 unspecified atom stereocenters. The number of alkyl halides is 3. The van der Waals surface area contributed by atoms with Crippen LogP contribution in [0.25, 0.3) is 0 Å². The van der Waals surface area contributed by atoms with E-state index in [1.54, 1.807) is 0 Å². The Bertz CT molecular complexity index is 494. The lowest BCUT2D eigenvalue weighted by atomic mass is 10.1. The third-order valence-electron chi connectivity index (χ3n) is 2.04. The number of carboxylic acids is 1. The molecule has 1 aromatic rings. The molecule has 1 amide bonds. The summed E-state index contributed by atoms with van der Waals surface area (Å²) in [6.45, 7) is 0. The normalized spacial score (nSPS) is 12.8. The molecule has 0 aliphatic heterocycles. The van der Waals surface area contributed by atoms with E-state index >= 15 is 0 Å². The number of hydrogen-bond donors (Lipinski definition) is 4. The maximum atomic E-state index is 12.0. The molecule has 0 radical (unpaired) electrons. The lowest BCUT2D eigenvalue weighted by molar-refractivity contribution is -0.175. The second kappa shape index (κ2) is 5.04. The average molecular weight is 279 g/mol. The van der Waals surface area contributed by atoms with Crippen LogP contribution in [0.15, 0.2) is 18.2 Å². The van der Waals surface area contributed by atoms with Gasteiger partial charge in [0.15, 0.2) is 6.04 Å². The first-order valence-electron chi connectivity index (χ1n) is 4.74. The Morgan fingerprint density at radius 1 is 1.11 bits per heavy atom. The molecule has 9 heteroatoms. The zero-order valence-electron chi connectivity index (χ0n) is 9.10. The highest BCUT2D eigenvalue weighted by Crippen LogP contribution is 2.26. The van der Waals surface area contributed by atoms with Crippen molar-refractivity contribution in [2.45, 2.75) is 12.2 Å². The Hall–Kier alpha value is -2.45. The topological polar surface area (TPSA) is 107 Å². The van der Waals surface area contributed by atoms with Gasteiger partial charge < -0.3 is 20.6 Å². The molecule has 0 saturated heterocycles. The first-order chi connectivity index (χ1) is 8.61. The number of nitrogens with one attached hydrogen (secondary N) is 1. The molecule has 4 N–H and O–H groups in total. The van der Waals surface area contributed by atoms with Crippen LogP contribution in [-0.2, 0) is 9.59 Å². The number of hydrogen-bond acceptors (Lipinski definition) is 4. The number of rotatable bonds is 3. The van der Waals surface area contributed by atoms with Crippen LogP contribution >= 0.6 is 0 Å². The lowest BCUT2D eigenvalue weighted by Gasteiger charge is -2.16. The van der Waals surface area contributed by atoms with Crippen LogP contribution in [0.5, 0.6) is 11.5 Å². The molecule has 19 heavy (non-hydrogen) atoms. The van der Waals surface area contributed by atoms with Crippen LogP contribution in [0.2, 0.25) is 0 Å². The quantitative estimate of drug-likeness (QED) is 0.657. The summed E-state index contributed by atoms with van der Waals surface area (Å²) < 4.78 is 36.1. The van der Waals surface area contributed by atoms with E-state index in [2.05, 4.69) is 0 Å². The van der Waals surface area contributed by atoms with Crippen molar-refractivity contribution >= 4 is 11.9 Å². The van der Waals surface area contributed by atoms with Crippen molar-refractivity contribution in [2.24, 2.45) is 0 Å². The largest absolute Gasteiger partial charge is 0.508 e. The van der Waals surface area contributed by atoms with Gasteiger partial charge in [0.05, 0.1) is 0 Å². The van der Waals surface area contributed by atoms with E-state index in [0.717, 1.165) is 18.2 Å². The summed E-state index contributed by atoms with van der Waals surface area (Å²) in [5, 5.41) is 28.3. The number of halogens is 3. The van der Waals surface area contributed by atoms with Crippen molar-refractivity contribution in [3.05, 3.63) is 23.8 Å². The molecule has 6 nitrogen and oxygen atoms in total. The second-order valence-electron chi connectivity index (χ2n) is 3.53. The number of phenolic OH excluding ortho intramolecular Hbond substituents is 2. The van der Waals surface area contributed by atoms with E-state index in [1.165, 1.54) is 5.32 Å². The number of aromatic hydroxyl groups is 2. The molecule has 0 heterocycles. The van der Waals surface area contributed by atoms with Gasteiger partial charge >= 0.3 is 18.1 Å². The molecule has 0 spiro atoms. The van der Waals surface area contributed by atoms with Gasteiger partial charge in [-0.1, -0.05) is 0 Å². The van der Waals surface area contributed by atoms with Crippen LogP contribution in [-0.4, -0.2) is 33.4 Å². The summed E-state index contributed by atoms with van der Waals surface area (Å²) in [5.41, 5.74) is -0.400. The molecular formula is C10H8F3NO5. The monoisotopic (exact) mass is 279 g/mol. The molecule has 0 saturated carbocycles. The van der Waals surface area contributed by atoms with Gasteiger partial charge in [-0.2, -0.15) is 13.2 Å². The Kier molecular flexibility index (Phi) is 3.88. The summed E-state index contributed by atoms with van der Waals surface area (Å²) in [5.74, 6) is -5.32. The van der Waals surface area contributed by atoms with E-state index in [-0.39, 0.29) is 0 Å². The number of amides is 1. The summed E-state index contributed by atoms with van der Waals surface area (Å²) in [6, 6.07) is 0.435. The third-order valence-corrected chi connectivity index (χ3v) is 2.04. The molecule has 0 aromatic heterocycles. The van der Waals surface area contributed by atoms with Crippen LogP contribution in [0, 0.1) is 0 Å². The number of carbonyl (C=O) groups is 2. The van der Waals surface area contributed by atoms with Gasteiger partial charge in [0.2, 0.25) is 0 Å². The number of carbonyl (C=O) groups excluding carboxylic acids is 1. The number of phenols is 2. The van der Waals surface area contributed by atoms with Gasteiger partial charge in [-0.15, -0.1) is 0 Å². The molecule has 1 atom stereocenters. The van der Waals surface area contributed by atoms with Crippen molar-refractivity contribution in [3.8, 4) is 11.5 Å². The molecule has 0 aliphatic rings. The fourth-order valence-corrected chi connectivity index (χ4v) is 1.29. The van der Waals surface area contributed by atoms with E-state index in [1.807, 2.05) is 0 Å². The maximum absolute atomic E-state index is 12.0. The first kappa shape index (κ1) is 14.6. The zero-order chi connectivity index (χ0) is 14.8. The number of carboxylic acid groups (broad SMARTS) is 1. The van der Waals surface area contributed by atoms with Gasteiger partial charge in [0.1, 0.15) is 11.5 Å². The third kappa shape index (κ3) is 3.76. The van der Waals surface area contributed by atoms with Crippen molar-refractivity contribution in [3.63, 3.8) is 0 Å². The minimum absolute atomic E-state index is 0.400. The average Bonchev–Trinajstić information content (AvgIpc) is 2.21. The maximum Gasteiger partial charge on any atom is 0.471 e. The van der Waals surface area contributed by atoms with E-state index in [0.29, 0.717) is 0 Å².